The molecule has 7 heteroatoms. The van der Waals surface area contributed by atoms with Crippen molar-refractivity contribution in [1.29, 1.82) is 0 Å². The van der Waals surface area contributed by atoms with Crippen LogP contribution in [0.25, 0.3) is 0 Å². The molecule has 6 nitrogen and oxygen atoms in total. The van der Waals surface area contributed by atoms with Gasteiger partial charge in [0.1, 0.15) is 18.6 Å². The zero-order valence-corrected chi connectivity index (χ0v) is 14.2. The van der Waals surface area contributed by atoms with Gasteiger partial charge in [0.15, 0.2) is 0 Å². The summed E-state index contributed by atoms with van der Waals surface area (Å²) in [7, 11) is 0. The van der Waals surface area contributed by atoms with Gasteiger partial charge in [0.25, 0.3) is 5.91 Å². The van der Waals surface area contributed by atoms with Crippen LogP contribution < -0.4 is 11.1 Å². The van der Waals surface area contributed by atoms with Gasteiger partial charge in [-0.2, -0.15) is 0 Å². The van der Waals surface area contributed by atoms with Crippen LogP contribution in [0.5, 0.6) is 0 Å². The standard InChI is InChI=1S/C17H20ClN3O3/c1-2-7-21(17(23)12-8-15(9-19)24-11-12)10-16(22)20-14-5-3-13(18)4-6-14/h3-6,8,11H,2,7,9-10,19H2,1H3,(H,20,22). The highest BCUT2D eigenvalue weighted by molar-refractivity contribution is 6.30. The molecule has 0 unspecified atom stereocenters. The summed E-state index contributed by atoms with van der Waals surface area (Å²) in [6.45, 7) is 2.59. The number of carbonyl (C=O) groups is 2. The molecule has 1 aromatic carbocycles. The molecule has 1 aromatic heterocycles. The van der Waals surface area contributed by atoms with E-state index in [4.69, 9.17) is 21.8 Å². The van der Waals surface area contributed by atoms with E-state index in [1.165, 1.54) is 11.2 Å². The first-order valence-electron chi connectivity index (χ1n) is 7.65. The first-order chi connectivity index (χ1) is 11.5. The summed E-state index contributed by atoms with van der Waals surface area (Å²) in [6, 6.07) is 8.38. The quantitative estimate of drug-likeness (QED) is 0.804. The number of furan rings is 1. The summed E-state index contributed by atoms with van der Waals surface area (Å²) in [6.07, 6.45) is 2.10. The van der Waals surface area contributed by atoms with Gasteiger partial charge in [-0.25, -0.2) is 0 Å². The fourth-order valence-electron chi connectivity index (χ4n) is 2.21. The minimum atomic E-state index is -0.276. The SMILES string of the molecule is CCCN(CC(=O)Nc1ccc(Cl)cc1)C(=O)c1coc(CN)c1. The Morgan fingerprint density at radius 3 is 2.58 bits per heavy atom. The molecule has 2 aromatic rings. The Balaban J connectivity index is 2.02. The van der Waals surface area contributed by atoms with Crippen molar-refractivity contribution in [2.75, 3.05) is 18.4 Å². The molecule has 2 amide bonds. The topological polar surface area (TPSA) is 88.6 Å². The number of carbonyl (C=O) groups excluding carboxylic acids is 2. The summed E-state index contributed by atoms with van der Waals surface area (Å²) >= 11 is 5.81. The van der Waals surface area contributed by atoms with Crippen molar-refractivity contribution in [1.82, 2.24) is 4.90 Å². The summed E-state index contributed by atoms with van der Waals surface area (Å²) in [5.74, 6) is -0.00589. The predicted octanol–water partition coefficient (Wildman–Crippen LogP) is 2.88. The van der Waals surface area contributed by atoms with Crippen molar-refractivity contribution in [2.24, 2.45) is 5.73 Å². The van der Waals surface area contributed by atoms with Crippen LogP contribution >= 0.6 is 11.6 Å². The molecule has 0 aliphatic rings. The van der Waals surface area contributed by atoms with Gasteiger partial charge < -0.3 is 20.4 Å². The number of benzene rings is 1. The van der Waals surface area contributed by atoms with Crippen molar-refractivity contribution >= 4 is 29.1 Å². The second-order valence-electron chi connectivity index (χ2n) is 5.29. The second kappa shape index (κ2) is 8.52. The molecular weight excluding hydrogens is 330 g/mol. The smallest absolute Gasteiger partial charge is 0.257 e. The Morgan fingerprint density at radius 2 is 2.00 bits per heavy atom. The summed E-state index contributed by atoms with van der Waals surface area (Å²) in [4.78, 5) is 26.2. The van der Waals surface area contributed by atoms with Gasteiger partial charge in [0.05, 0.1) is 12.1 Å². The Labute approximate surface area is 145 Å². The molecule has 0 aliphatic heterocycles. The predicted molar refractivity (Wildman–Crippen MR) is 92.9 cm³/mol. The molecule has 2 rings (SSSR count). The van der Waals surface area contributed by atoms with E-state index in [9.17, 15) is 9.59 Å². The highest BCUT2D eigenvalue weighted by Gasteiger charge is 2.20. The largest absolute Gasteiger partial charge is 0.467 e. The zero-order valence-electron chi connectivity index (χ0n) is 13.4. The highest BCUT2D eigenvalue weighted by Crippen LogP contribution is 2.14. The first kappa shape index (κ1) is 18.0. The monoisotopic (exact) mass is 349 g/mol. The average molecular weight is 350 g/mol. The molecule has 0 radical (unpaired) electrons. The van der Waals surface area contributed by atoms with Crippen LogP contribution in [0.2, 0.25) is 5.02 Å². The third-order valence-electron chi connectivity index (χ3n) is 3.35. The maximum Gasteiger partial charge on any atom is 0.257 e. The van der Waals surface area contributed by atoms with Gasteiger partial charge >= 0.3 is 0 Å². The maximum atomic E-state index is 12.5. The number of hydrogen-bond acceptors (Lipinski definition) is 4. The van der Waals surface area contributed by atoms with E-state index in [-0.39, 0.29) is 24.9 Å². The lowest BCUT2D eigenvalue weighted by molar-refractivity contribution is -0.116. The number of rotatable bonds is 7. The van der Waals surface area contributed by atoms with Crippen LogP contribution in [-0.4, -0.2) is 29.8 Å². The van der Waals surface area contributed by atoms with Crippen molar-refractivity contribution in [3.63, 3.8) is 0 Å². The number of nitrogens with zero attached hydrogens (tertiary/aromatic N) is 1. The second-order valence-corrected chi connectivity index (χ2v) is 5.72. The molecule has 3 N–H and O–H groups in total. The normalized spacial score (nSPS) is 10.5. The van der Waals surface area contributed by atoms with Crippen molar-refractivity contribution in [3.05, 3.63) is 52.9 Å². The van der Waals surface area contributed by atoms with Gasteiger partial charge in [-0.05, 0) is 36.8 Å². The molecule has 128 valence electrons. The van der Waals surface area contributed by atoms with Gasteiger partial charge in [-0.1, -0.05) is 18.5 Å². The zero-order chi connectivity index (χ0) is 17.5. The summed E-state index contributed by atoms with van der Waals surface area (Å²) in [5, 5.41) is 3.34. The fourth-order valence-corrected chi connectivity index (χ4v) is 2.34. The Bertz CT molecular complexity index is 697. The van der Waals surface area contributed by atoms with Crippen LogP contribution in [0.3, 0.4) is 0 Å². The molecule has 0 saturated heterocycles. The maximum absolute atomic E-state index is 12.5. The number of hydrogen-bond donors (Lipinski definition) is 2. The summed E-state index contributed by atoms with van der Waals surface area (Å²) < 4.78 is 5.19. The summed E-state index contributed by atoms with van der Waals surface area (Å²) in [5.41, 5.74) is 6.50. The van der Waals surface area contributed by atoms with Gasteiger partial charge in [0.2, 0.25) is 5.91 Å². The minimum Gasteiger partial charge on any atom is -0.467 e. The molecule has 0 fully saturated rings. The lowest BCUT2D eigenvalue weighted by Crippen LogP contribution is -2.38. The number of amides is 2. The van der Waals surface area contributed by atoms with E-state index < -0.39 is 0 Å². The van der Waals surface area contributed by atoms with Crippen LogP contribution in [-0.2, 0) is 11.3 Å². The van der Waals surface area contributed by atoms with E-state index in [0.29, 0.717) is 28.6 Å². The highest BCUT2D eigenvalue weighted by atomic mass is 35.5. The third kappa shape index (κ3) is 4.84. The van der Waals surface area contributed by atoms with Gasteiger partial charge in [-0.3, -0.25) is 9.59 Å². The molecule has 0 atom stereocenters. The molecule has 0 spiro atoms. The molecule has 0 saturated carbocycles. The van der Waals surface area contributed by atoms with Crippen molar-refractivity contribution in [3.8, 4) is 0 Å². The van der Waals surface area contributed by atoms with E-state index in [2.05, 4.69) is 5.32 Å². The molecule has 1 heterocycles. The fraction of sp³-hybridized carbons (Fsp3) is 0.294. The minimum absolute atomic E-state index is 0.0432. The molecule has 0 bridgehead atoms. The number of anilines is 1. The first-order valence-corrected chi connectivity index (χ1v) is 8.03. The Kier molecular flexibility index (Phi) is 6.40. The lowest BCUT2D eigenvalue weighted by atomic mass is 10.2. The van der Waals surface area contributed by atoms with Crippen molar-refractivity contribution < 1.29 is 14.0 Å². The Hall–Kier alpha value is -2.31. The lowest BCUT2D eigenvalue weighted by Gasteiger charge is -2.21. The number of halogens is 1. The molecule has 24 heavy (non-hydrogen) atoms. The molecule has 0 aliphatic carbocycles. The third-order valence-corrected chi connectivity index (χ3v) is 3.60. The van der Waals surface area contributed by atoms with Crippen LogP contribution in [0, 0.1) is 0 Å². The number of nitrogens with one attached hydrogen (secondary N) is 1. The van der Waals surface area contributed by atoms with E-state index in [1.54, 1.807) is 30.3 Å². The van der Waals surface area contributed by atoms with Crippen LogP contribution in [0.4, 0.5) is 5.69 Å². The van der Waals surface area contributed by atoms with Gasteiger partial charge in [-0.15, -0.1) is 0 Å². The van der Waals surface area contributed by atoms with Crippen LogP contribution in [0.15, 0.2) is 41.0 Å². The number of nitrogens with two attached hydrogens (primary N) is 1. The van der Waals surface area contributed by atoms with Crippen LogP contribution in [0.1, 0.15) is 29.5 Å². The molecular formula is C17H20ClN3O3. The van der Waals surface area contributed by atoms with E-state index in [1.807, 2.05) is 6.92 Å². The van der Waals surface area contributed by atoms with E-state index in [0.717, 1.165) is 6.42 Å². The van der Waals surface area contributed by atoms with E-state index >= 15 is 0 Å². The van der Waals surface area contributed by atoms with Crippen molar-refractivity contribution in [2.45, 2.75) is 19.9 Å². The Morgan fingerprint density at radius 1 is 1.29 bits per heavy atom. The van der Waals surface area contributed by atoms with Gasteiger partial charge in [0, 0.05) is 17.3 Å². The average Bonchev–Trinajstić information content (AvgIpc) is 3.05.